The normalized spacial score (nSPS) is 11.3. The lowest BCUT2D eigenvalue weighted by atomic mass is 9.95. The lowest BCUT2D eigenvalue weighted by Crippen LogP contribution is -2.04. The van der Waals surface area contributed by atoms with E-state index in [4.69, 9.17) is 9.72 Å². The number of imidazole rings is 1. The van der Waals surface area contributed by atoms with E-state index in [0.29, 0.717) is 17.2 Å². The number of aromatic nitrogens is 2. The van der Waals surface area contributed by atoms with Crippen molar-refractivity contribution in [3.63, 3.8) is 0 Å². The van der Waals surface area contributed by atoms with Crippen LogP contribution in [0.15, 0.2) is 54.6 Å². The monoisotopic (exact) mass is 444 g/mol. The summed E-state index contributed by atoms with van der Waals surface area (Å²) in [5, 5.41) is 20.0. The molecule has 0 unspecified atom stereocenters. The largest absolute Gasteiger partial charge is 0.504 e. The second kappa shape index (κ2) is 8.98. The van der Waals surface area contributed by atoms with Crippen LogP contribution in [0.1, 0.15) is 42.0 Å². The SMILES string of the molecule is COc1cc2nc(CCC(C)C)n(-c3ccc(-c4ccccc4C(=O)O)c(C)c3)c2cc1O. The molecule has 4 rings (SSSR count). The molecule has 0 radical (unpaired) electrons. The van der Waals surface area contributed by atoms with Gasteiger partial charge in [-0.05, 0) is 54.2 Å². The molecule has 4 aromatic rings. The van der Waals surface area contributed by atoms with Crippen LogP contribution in [0.4, 0.5) is 0 Å². The van der Waals surface area contributed by atoms with E-state index in [2.05, 4.69) is 18.4 Å². The van der Waals surface area contributed by atoms with Gasteiger partial charge >= 0.3 is 5.97 Å². The van der Waals surface area contributed by atoms with Crippen molar-refractivity contribution < 1.29 is 19.7 Å². The molecule has 0 saturated heterocycles. The summed E-state index contributed by atoms with van der Waals surface area (Å²) in [7, 11) is 1.52. The summed E-state index contributed by atoms with van der Waals surface area (Å²) in [5.41, 5.74) is 5.24. The molecule has 0 aliphatic rings. The van der Waals surface area contributed by atoms with Gasteiger partial charge in [0.2, 0.25) is 0 Å². The Morgan fingerprint density at radius 2 is 1.85 bits per heavy atom. The topological polar surface area (TPSA) is 84.6 Å². The Morgan fingerprint density at radius 1 is 1.09 bits per heavy atom. The van der Waals surface area contributed by atoms with E-state index in [-0.39, 0.29) is 11.3 Å². The molecule has 1 heterocycles. The molecule has 1 aromatic heterocycles. The second-order valence-corrected chi connectivity index (χ2v) is 8.66. The number of methoxy groups -OCH3 is 1. The summed E-state index contributed by atoms with van der Waals surface area (Å²) in [6, 6.07) is 16.4. The van der Waals surface area contributed by atoms with Gasteiger partial charge in [0, 0.05) is 24.2 Å². The third kappa shape index (κ3) is 4.29. The number of fused-ring (bicyclic) bond motifs is 1. The van der Waals surface area contributed by atoms with Gasteiger partial charge in [0.15, 0.2) is 11.5 Å². The van der Waals surface area contributed by atoms with E-state index in [0.717, 1.165) is 46.5 Å². The summed E-state index contributed by atoms with van der Waals surface area (Å²) in [5.74, 6) is 0.932. The minimum atomic E-state index is -0.949. The number of carbonyl (C=O) groups is 1. The van der Waals surface area contributed by atoms with Crippen molar-refractivity contribution in [2.75, 3.05) is 7.11 Å². The molecule has 3 aromatic carbocycles. The number of hydrogen-bond acceptors (Lipinski definition) is 4. The molecule has 0 bridgehead atoms. The highest BCUT2D eigenvalue weighted by Gasteiger charge is 2.18. The second-order valence-electron chi connectivity index (χ2n) is 8.66. The molecule has 2 N–H and O–H groups in total. The number of benzene rings is 3. The standard InChI is InChI=1S/C27H28N2O4/c1-16(2)9-12-26-28-22-14-25(33-4)24(30)15-23(22)29(26)18-10-11-19(17(3)13-18)20-7-5-6-8-21(20)27(31)32/h5-8,10-11,13-16,30H,9,12H2,1-4H3,(H,31,32). The maximum absolute atomic E-state index is 11.7. The molecule has 6 nitrogen and oxygen atoms in total. The molecule has 0 saturated carbocycles. The minimum absolute atomic E-state index is 0.0605. The van der Waals surface area contributed by atoms with E-state index in [1.54, 1.807) is 24.3 Å². The highest BCUT2D eigenvalue weighted by atomic mass is 16.5. The fourth-order valence-electron chi connectivity index (χ4n) is 4.17. The smallest absolute Gasteiger partial charge is 0.336 e. The van der Waals surface area contributed by atoms with Gasteiger partial charge in [-0.15, -0.1) is 0 Å². The first-order valence-electron chi connectivity index (χ1n) is 11.0. The first kappa shape index (κ1) is 22.4. The van der Waals surface area contributed by atoms with E-state index in [1.807, 2.05) is 37.3 Å². The van der Waals surface area contributed by atoms with Crippen LogP contribution >= 0.6 is 0 Å². The van der Waals surface area contributed by atoms with Crippen LogP contribution in [-0.2, 0) is 6.42 Å². The highest BCUT2D eigenvalue weighted by molar-refractivity contribution is 5.96. The minimum Gasteiger partial charge on any atom is -0.504 e. The third-order valence-electron chi connectivity index (χ3n) is 5.89. The van der Waals surface area contributed by atoms with Crippen molar-refractivity contribution in [1.82, 2.24) is 9.55 Å². The fourth-order valence-corrected chi connectivity index (χ4v) is 4.17. The third-order valence-corrected chi connectivity index (χ3v) is 5.89. The van der Waals surface area contributed by atoms with Gasteiger partial charge in [0.25, 0.3) is 0 Å². The summed E-state index contributed by atoms with van der Waals surface area (Å²) in [4.78, 5) is 16.6. The molecular weight excluding hydrogens is 416 g/mol. The van der Waals surface area contributed by atoms with E-state index in [9.17, 15) is 15.0 Å². The van der Waals surface area contributed by atoms with Gasteiger partial charge in [0.1, 0.15) is 5.82 Å². The Balaban J connectivity index is 1.88. The van der Waals surface area contributed by atoms with Crippen molar-refractivity contribution >= 4 is 17.0 Å². The molecule has 0 atom stereocenters. The average molecular weight is 445 g/mol. The molecule has 170 valence electrons. The van der Waals surface area contributed by atoms with Crippen molar-refractivity contribution in [3.8, 4) is 28.3 Å². The summed E-state index contributed by atoms with van der Waals surface area (Å²) in [6.07, 6.45) is 1.77. The summed E-state index contributed by atoms with van der Waals surface area (Å²) >= 11 is 0. The van der Waals surface area contributed by atoms with Crippen molar-refractivity contribution in [2.45, 2.75) is 33.6 Å². The number of aryl methyl sites for hydroxylation is 2. The maximum atomic E-state index is 11.7. The average Bonchev–Trinajstić information content (AvgIpc) is 3.14. The lowest BCUT2D eigenvalue weighted by Gasteiger charge is -2.15. The quantitative estimate of drug-likeness (QED) is 0.365. The fraction of sp³-hybridized carbons (Fsp3) is 0.259. The van der Waals surface area contributed by atoms with Crippen molar-refractivity contribution in [2.24, 2.45) is 5.92 Å². The van der Waals surface area contributed by atoms with Crippen LogP contribution < -0.4 is 4.74 Å². The van der Waals surface area contributed by atoms with Gasteiger partial charge in [-0.1, -0.05) is 38.1 Å². The first-order chi connectivity index (χ1) is 15.8. The lowest BCUT2D eigenvalue weighted by molar-refractivity contribution is 0.0697. The van der Waals surface area contributed by atoms with Crippen LogP contribution in [0.5, 0.6) is 11.5 Å². The van der Waals surface area contributed by atoms with Crippen LogP contribution in [0.2, 0.25) is 0 Å². The van der Waals surface area contributed by atoms with Gasteiger partial charge in [-0.3, -0.25) is 4.57 Å². The van der Waals surface area contributed by atoms with E-state index in [1.165, 1.54) is 7.11 Å². The molecule has 0 spiro atoms. The predicted molar refractivity (Wildman–Crippen MR) is 130 cm³/mol. The number of hydrogen-bond donors (Lipinski definition) is 2. The van der Waals surface area contributed by atoms with Crippen molar-refractivity contribution in [3.05, 3.63) is 71.5 Å². The number of aromatic carboxylic acids is 1. The number of ether oxygens (including phenoxy) is 1. The number of nitrogens with zero attached hydrogens (tertiary/aromatic N) is 2. The zero-order chi connectivity index (χ0) is 23.7. The molecule has 33 heavy (non-hydrogen) atoms. The number of aromatic hydroxyl groups is 1. The number of carboxylic acid groups (broad SMARTS) is 1. The van der Waals surface area contributed by atoms with Gasteiger partial charge in [0.05, 0.1) is 23.7 Å². The Hall–Kier alpha value is -3.80. The highest BCUT2D eigenvalue weighted by Crippen LogP contribution is 2.35. The number of phenols is 1. The molecule has 6 heteroatoms. The van der Waals surface area contributed by atoms with Gasteiger partial charge in [-0.25, -0.2) is 9.78 Å². The Kier molecular flexibility index (Phi) is 6.09. The van der Waals surface area contributed by atoms with Crippen LogP contribution in [0.25, 0.3) is 27.8 Å². The van der Waals surface area contributed by atoms with Crippen LogP contribution in [-0.4, -0.2) is 32.8 Å². The maximum Gasteiger partial charge on any atom is 0.336 e. The summed E-state index contributed by atoms with van der Waals surface area (Å²) < 4.78 is 7.34. The zero-order valence-electron chi connectivity index (χ0n) is 19.3. The summed E-state index contributed by atoms with van der Waals surface area (Å²) in [6.45, 7) is 6.34. The van der Waals surface area contributed by atoms with E-state index >= 15 is 0 Å². The number of phenolic OH excluding ortho intramolecular Hbond substituents is 1. The first-order valence-corrected chi connectivity index (χ1v) is 11.0. The molecule has 0 aliphatic heterocycles. The van der Waals surface area contributed by atoms with Gasteiger partial charge < -0.3 is 14.9 Å². The Morgan fingerprint density at radius 3 is 2.52 bits per heavy atom. The molecular formula is C27H28N2O4. The van der Waals surface area contributed by atoms with Gasteiger partial charge in [-0.2, -0.15) is 0 Å². The molecule has 0 aliphatic carbocycles. The Bertz CT molecular complexity index is 1340. The van der Waals surface area contributed by atoms with Crippen LogP contribution in [0.3, 0.4) is 0 Å². The zero-order valence-corrected chi connectivity index (χ0v) is 19.3. The Labute approximate surface area is 193 Å². The van der Waals surface area contributed by atoms with Crippen LogP contribution in [0, 0.1) is 12.8 Å². The number of carboxylic acids is 1. The predicted octanol–water partition coefficient (Wildman–Crippen LogP) is 6.00. The van der Waals surface area contributed by atoms with E-state index < -0.39 is 5.97 Å². The van der Waals surface area contributed by atoms with Crippen molar-refractivity contribution in [1.29, 1.82) is 0 Å². The molecule has 0 amide bonds. The number of rotatable bonds is 7. The molecule has 0 fully saturated rings.